The van der Waals surface area contributed by atoms with Crippen molar-refractivity contribution in [3.8, 4) is 5.75 Å². The van der Waals surface area contributed by atoms with Gasteiger partial charge in [-0.3, -0.25) is 9.59 Å². The van der Waals surface area contributed by atoms with Gasteiger partial charge in [-0.05, 0) is 24.1 Å². The second kappa shape index (κ2) is 3.81. The molecule has 2 rings (SSSR count). The SMILES string of the molecule is CCc1ccc2c(O)cc(=O)c(=O)[nH]c2c1. The van der Waals surface area contributed by atoms with E-state index in [4.69, 9.17) is 0 Å². The standard InChI is InChI=1S/C12H11NO3/c1-2-7-3-4-8-9(5-7)13-12(16)11(15)6-10(8)14/h3-6,14H,2H2,1H3,(H,13,15,16). The number of nitrogens with one attached hydrogen (secondary N) is 1. The van der Waals surface area contributed by atoms with Crippen LogP contribution in [0.1, 0.15) is 12.5 Å². The van der Waals surface area contributed by atoms with Crippen LogP contribution in [0.25, 0.3) is 10.9 Å². The number of aryl methyl sites for hydroxylation is 1. The first kappa shape index (κ1) is 10.4. The molecule has 0 unspecified atom stereocenters. The monoisotopic (exact) mass is 217 g/mol. The highest BCUT2D eigenvalue weighted by molar-refractivity contribution is 5.84. The van der Waals surface area contributed by atoms with Crippen LogP contribution in [0.5, 0.6) is 5.75 Å². The summed E-state index contributed by atoms with van der Waals surface area (Å²) in [4.78, 5) is 25.0. The molecule has 0 aliphatic heterocycles. The molecule has 2 aromatic rings. The van der Waals surface area contributed by atoms with E-state index in [1.807, 2.05) is 13.0 Å². The summed E-state index contributed by atoms with van der Waals surface area (Å²) >= 11 is 0. The molecule has 2 N–H and O–H groups in total. The molecule has 4 heteroatoms. The Hall–Kier alpha value is -2.10. The van der Waals surface area contributed by atoms with Crippen LogP contribution < -0.4 is 11.0 Å². The number of fused-ring (bicyclic) bond motifs is 1. The third kappa shape index (κ3) is 1.69. The summed E-state index contributed by atoms with van der Waals surface area (Å²) in [5.41, 5.74) is 0.0375. The van der Waals surface area contributed by atoms with Gasteiger partial charge in [0.15, 0.2) is 0 Å². The average Bonchev–Trinajstić information content (AvgIpc) is 2.37. The fraction of sp³-hybridized carbons (Fsp3) is 0.167. The summed E-state index contributed by atoms with van der Waals surface area (Å²) < 4.78 is 0. The van der Waals surface area contributed by atoms with Gasteiger partial charge in [0.2, 0.25) is 5.43 Å². The number of rotatable bonds is 1. The van der Waals surface area contributed by atoms with Crippen molar-refractivity contribution in [3.05, 3.63) is 50.4 Å². The Labute approximate surface area is 91.2 Å². The first-order chi connectivity index (χ1) is 7.61. The van der Waals surface area contributed by atoms with Crippen molar-refractivity contribution in [2.24, 2.45) is 0 Å². The maximum atomic E-state index is 11.3. The molecule has 0 fully saturated rings. The number of aromatic nitrogens is 1. The van der Waals surface area contributed by atoms with E-state index in [2.05, 4.69) is 4.98 Å². The van der Waals surface area contributed by atoms with Gasteiger partial charge in [0, 0.05) is 11.5 Å². The van der Waals surface area contributed by atoms with Crippen LogP contribution in [0.2, 0.25) is 0 Å². The zero-order valence-electron chi connectivity index (χ0n) is 8.78. The molecule has 0 aliphatic carbocycles. The van der Waals surface area contributed by atoms with E-state index in [0.717, 1.165) is 18.1 Å². The maximum Gasteiger partial charge on any atom is 0.296 e. The van der Waals surface area contributed by atoms with Crippen LogP contribution in [-0.4, -0.2) is 10.1 Å². The summed E-state index contributed by atoms with van der Waals surface area (Å²) in [5.74, 6) is -0.180. The van der Waals surface area contributed by atoms with E-state index in [1.165, 1.54) is 0 Å². The Morgan fingerprint density at radius 3 is 2.69 bits per heavy atom. The summed E-state index contributed by atoms with van der Waals surface area (Å²) in [6.07, 6.45) is 0.821. The quantitative estimate of drug-likeness (QED) is 0.704. The van der Waals surface area contributed by atoms with Gasteiger partial charge in [0.1, 0.15) is 5.75 Å². The lowest BCUT2D eigenvalue weighted by atomic mass is 10.1. The molecule has 0 spiro atoms. The Bertz CT molecular complexity index is 658. The number of aromatic hydroxyl groups is 1. The van der Waals surface area contributed by atoms with Gasteiger partial charge < -0.3 is 10.1 Å². The molecule has 0 saturated carbocycles. The van der Waals surface area contributed by atoms with E-state index >= 15 is 0 Å². The van der Waals surface area contributed by atoms with Gasteiger partial charge in [-0.1, -0.05) is 13.0 Å². The van der Waals surface area contributed by atoms with Crippen molar-refractivity contribution in [3.63, 3.8) is 0 Å². The second-order valence-corrected chi connectivity index (χ2v) is 3.58. The second-order valence-electron chi connectivity index (χ2n) is 3.58. The first-order valence-corrected chi connectivity index (χ1v) is 5.01. The zero-order chi connectivity index (χ0) is 11.7. The van der Waals surface area contributed by atoms with Gasteiger partial charge in [0.05, 0.1) is 5.52 Å². The summed E-state index contributed by atoms with van der Waals surface area (Å²) in [7, 11) is 0. The van der Waals surface area contributed by atoms with Gasteiger partial charge in [0.25, 0.3) is 5.56 Å². The molecule has 0 saturated heterocycles. The highest BCUT2D eigenvalue weighted by atomic mass is 16.3. The maximum absolute atomic E-state index is 11.3. The molecule has 0 atom stereocenters. The third-order valence-electron chi connectivity index (χ3n) is 2.51. The normalized spacial score (nSPS) is 10.6. The largest absolute Gasteiger partial charge is 0.507 e. The van der Waals surface area contributed by atoms with Crippen molar-refractivity contribution < 1.29 is 5.11 Å². The van der Waals surface area contributed by atoms with E-state index in [-0.39, 0.29) is 5.75 Å². The number of aromatic amines is 1. The molecule has 1 heterocycles. The Balaban J connectivity index is 2.98. The van der Waals surface area contributed by atoms with Crippen LogP contribution >= 0.6 is 0 Å². The van der Waals surface area contributed by atoms with E-state index in [9.17, 15) is 14.7 Å². The molecule has 1 aromatic carbocycles. The van der Waals surface area contributed by atoms with Crippen LogP contribution in [0.15, 0.2) is 33.9 Å². The van der Waals surface area contributed by atoms with E-state index < -0.39 is 11.0 Å². The van der Waals surface area contributed by atoms with E-state index in [0.29, 0.717) is 10.9 Å². The molecule has 1 aromatic heterocycles. The lowest BCUT2D eigenvalue weighted by Gasteiger charge is -1.98. The third-order valence-corrected chi connectivity index (χ3v) is 2.51. The number of hydrogen-bond donors (Lipinski definition) is 2. The molecule has 0 bridgehead atoms. The van der Waals surface area contributed by atoms with Crippen LogP contribution in [0.4, 0.5) is 0 Å². The molecule has 82 valence electrons. The van der Waals surface area contributed by atoms with Crippen molar-refractivity contribution in [2.45, 2.75) is 13.3 Å². The van der Waals surface area contributed by atoms with Gasteiger partial charge in [-0.2, -0.15) is 0 Å². The van der Waals surface area contributed by atoms with Crippen molar-refractivity contribution >= 4 is 10.9 Å². The molecule has 0 radical (unpaired) electrons. The molecule has 4 nitrogen and oxygen atoms in total. The van der Waals surface area contributed by atoms with Crippen LogP contribution in [0.3, 0.4) is 0 Å². The van der Waals surface area contributed by atoms with Gasteiger partial charge in [-0.25, -0.2) is 0 Å². The van der Waals surface area contributed by atoms with E-state index in [1.54, 1.807) is 12.1 Å². The fourth-order valence-corrected chi connectivity index (χ4v) is 1.59. The minimum absolute atomic E-state index is 0.180. The Kier molecular flexibility index (Phi) is 2.48. The molecular formula is C12H11NO3. The number of benzene rings is 1. The zero-order valence-corrected chi connectivity index (χ0v) is 8.78. The first-order valence-electron chi connectivity index (χ1n) is 5.01. The fourth-order valence-electron chi connectivity index (χ4n) is 1.59. The summed E-state index contributed by atoms with van der Waals surface area (Å²) in [6.45, 7) is 1.99. The minimum Gasteiger partial charge on any atom is -0.507 e. The van der Waals surface area contributed by atoms with Gasteiger partial charge in [-0.15, -0.1) is 0 Å². The average molecular weight is 217 g/mol. The Morgan fingerprint density at radius 2 is 2.00 bits per heavy atom. The number of H-pyrrole nitrogens is 1. The smallest absolute Gasteiger partial charge is 0.296 e. The highest BCUT2D eigenvalue weighted by Gasteiger charge is 2.02. The number of hydrogen-bond acceptors (Lipinski definition) is 3. The molecule has 0 amide bonds. The summed E-state index contributed by atoms with van der Waals surface area (Å²) in [6, 6.07) is 6.24. The van der Waals surface area contributed by atoms with Crippen molar-refractivity contribution in [1.82, 2.24) is 4.98 Å². The lowest BCUT2D eigenvalue weighted by molar-refractivity contribution is 0.481. The van der Waals surface area contributed by atoms with Crippen LogP contribution in [-0.2, 0) is 6.42 Å². The van der Waals surface area contributed by atoms with Gasteiger partial charge >= 0.3 is 0 Å². The van der Waals surface area contributed by atoms with Crippen LogP contribution in [0, 0.1) is 0 Å². The predicted octanol–water partition coefficient (Wildman–Crippen LogP) is 1.16. The van der Waals surface area contributed by atoms with Crippen molar-refractivity contribution in [1.29, 1.82) is 0 Å². The topological polar surface area (TPSA) is 70.2 Å². The predicted molar refractivity (Wildman–Crippen MR) is 61.9 cm³/mol. The molecule has 16 heavy (non-hydrogen) atoms. The van der Waals surface area contributed by atoms with Crippen molar-refractivity contribution in [2.75, 3.05) is 0 Å². The summed E-state index contributed by atoms with van der Waals surface area (Å²) in [5, 5.41) is 10.1. The minimum atomic E-state index is -0.744. The molecule has 0 aliphatic rings. The molecular weight excluding hydrogens is 206 g/mol. The Morgan fingerprint density at radius 1 is 1.25 bits per heavy atom. The highest BCUT2D eigenvalue weighted by Crippen LogP contribution is 2.20. The lowest BCUT2D eigenvalue weighted by Crippen LogP contribution is -2.22.